The van der Waals surface area contributed by atoms with Gasteiger partial charge in [0.05, 0.1) is 23.2 Å². The van der Waals surface area contributed by atoms with Crippen molar-refractivity contribution in [2.45, 2.75) is 33.6 Å². The second-order valence-corrected chi connectivity index (χ2v) is 7.59. The van der Waals surface area contributed by atoms with Crippen molar-refractivity contribution in [3.8, 4) is 0 Å². The van der Waals surface area contributed by atoms with Crippen molar-refractivity contribution in [3.05, 3.63) is 28.2 Å². The number of methoxy groups -OCH3 is 1. The summed E-state index contributed by atoms with van der Waals surface area (Å²) in [5.41, 5.74) is -0.695. The number of carbonyl (C=O) groups is 2. The number of carbonyl (C=O) groups excluding carboxylic acids is 2. The first-order valence-corrected chi connectivity index (χ1v) is 8.23. The summed E-state index contributed by atoms with van der Waals surface area (Å²) in [7, 11) is 1.38. The molecule has 1 aliphatic rings. The summed E-state index contributed by atoms with van der Waals surface area (Å²) >= 11 is 12.0. The minimum atomic E-state index is -0.687. The van der Waals surface area contributed by atoms with Gasteiger partial charge >= 0.3 is 5.97 Å². The molecule has 0 aromatic heterocycles. The summed E-state index contributed by atoms with van der Waals surface area (Å²) < 4.78 is 4.94. The van der Waals surface area contributed by atoms with Crippen LogP contribution in [-0.2, 0) is 14.3 Å². The minimum Gasteiger partial charge on any atom is -0.469 e. The number of hydrogen-bond acceptors (Lipinski definition) is 3. The second-order valence-electron chi connectivity index (χ2n) is 6.75. The molecule has 1 N–H and O–H groups in total. The van der Waals surface area contributed by atoms with Crippen LogP contribution in [0.4, 0.5) is 5.69 Å². The Kier molecular flexibility index (Phi) is 4.97. The molecule has 2 rings (SSSR count). The first-order chi connectivity index (χ1) is 10.6. The average molecular weight is 358 g/mol. The van der Waals surface area contributed by atoms with E-state index in [1.54, 1.807) is 18.2 Å². The van der Waals surface area contributed by atoms with Crippen LogP contribution in [0, 0.1) is 16.7 Å². The zero-order chi connectivity index (χ0) is 17.4. The van der Waals surface area contributed by atoms with Gasteiger partial charge in [0.25, 0.3) is 0 Å². The van der Waals surface area contributed by atoms with Gasteiger partial charge in [-0.15, -0.1) is 0 Å². The molecule has 1 aromatic carbocycles. The number of rotatable bonds is 3. The van der Waals surface area contributed by atoms with Gasteiger partial charge < -0.3 is 10.1 Å². The van der Waals surface area contributed by atoms with E-state index in [0.717, 1.165) is 0 Å². The van der Waals surface area contributed by atoms with Crippen molar-refractivity contribution in [1.29, 1.82) is 0 Å². The molecule has 2 atom stereocenters. The quantitative estimate of drug-likeness (QED) is 0.807. The van der Waals surface area contributed by atoms with E-state index in [-0.39, 0.29) is 17.8 Å². The van der Waals surface area contributed by atoms with E-state index in [4.69, 9.17) is 27.9 Å². The van der Waals surface area contributed by atoms with Crippen molar-refractivity contribution < 1.29 is 14.3 Å². The Balaban J connectivity index is 2.22. The molecule has 126 valence electrons. The molecule has 1 amide bonds. The van der Waals surface area contributed by atoms with Gasteiger partial charge in [-0.1, -0.05) is 37.0 Å². The molecule has 0 bridgehead atoms. The highest BCUT2D eigenvalue weighted by Crippen LogP contribution is 2.56. The van der Waals surface area contributed by atoms with Gasteiger partial charge in [0.15, 0.2) is 0 Å². The zero-order valence-corrected chi connectivity index (χ0v) is 15.2. The lowest BCUT2D eigenvalue weighted by Crippen LogP contribution is -2.44. The molecule has 1 saturated carbocycles. The molecule has 1 aromatic rings. The van der Waals surface area contributed by atoms with E-state index in [0.29, 0.717) is 28.6 Å². The minimum absolute atomic E-state index is 0.146. The summed E-state index contributed by atoms with van der Waals surface area (Å²) in [6.07, 6.45) is 1.23. The van der Waals surface area contributed by atoms with Crippen molar-refractivity contribution in [2.24, 2.45) is 16.7 Å². The third-order valence-corrected chi connectivity index (χ3v) is 5.92. The molecular formula is C17H21Cl2NO3. The first kappa shape index (κ1) is 18.1. The van der Waals surface area contributed by atoms with Gasteiger partial charge in [0, 0.05) is 10.9 Å². The summed E-state index contributed by atoms with van der Waals surface area (Å²) in [4.78, 5) is 24.9. The Morgan fingerprint density at radius 3 is 2.48 bits per heavy atom. The number of ether oxygens (including phenoxy) is 1. The molecular weight excluding hydrogens is 337 g/mol. The molecule has 6 heteroatoms. The Hall–Kier alpha value is -1.26. The number of anilines is 1. The van der Waals surface area contributed by atoms with Crippen molar-refractivity contribution >= 4 is 40.8 Å². The van der Waals surface area contributed by atoms with E-state index < -0.39 is 10.8 Å². The van der Waals surface area contributed by atoms with Gasteiger partial charge in [-0.2, -0.15) is 0 Å². The van der Waals surface area contributed by atoms with Crippen LogP contribution in [0.1, 0.15) is 33.6 Å². The Bertz CT molecular complexity index is 645. The number of esters is 1. The van der Waals surface area contributed by atoms with Gasteiger partial charge in [-0.05, 0) is 43.4 Å². The number of halogens is 2. The zero-order valence-electron chi connectivity index (χ0n) is 13.7. The molecule has 0 radical (unpaired) electrons. The average Bonchev–Trinajstić information content (AvgIpc) is 2.72. The number of benzene rings is 1. The molecule has 0 heterocycles. The van der Waals surface area contributed by atoms with Gasteiger partial charge in [-0.25, -0.2) is 0 Å². The van der Waals surface area contributed by atoms with Crippen LogP contribution in [0.2, 0.25) is 10.0 Å². The van der Waals surface area contributed by atoms with Crippen LogP contribution in [-0.4, -0.2) is 19.0 Å². The van der Waals surface area contributed by atoms with E-state index in [1.165, 1.54) is 7.11 Å². The van der Waals surface area contributed by atoms with Crippen LogP contribution in [0.5, 0.6) is 0 Å². The molecule has 1 fully saturated rings. The van der Waals surface area contributed by atoms with Gasteiger partial charge in [0.1, 0.15) is 0 Å². The second kappa shape index (κ2) is 6.33. The fraction of sp³-hybridized carbons (Fsp3) is 0.529. The topological polar surface area (TPSA) is 55.4 Å². The van der Waals surface area contributed by atoms with Gasteiger partial charge in [0.2, 0.25) is 5.91 Å². The lowest BCUT2D eigenvalue weighted by atomic mass is 9.65. The third-order valence-electron chi connectivity index (χ3n) is 5.37. The monoisotopic (exact) mass is 357 g/mol. The molecule has 0 saturated heterocycles. The SMILES string of the molecule is COC(=O)C1(C)CCC(C(=O)Nc2ccc(Cl)cc2Cl)C1(C)C. The highest BCUT2D eigenvalue weighted by molar-refractivity contribution is 6.36. The molecule has 0 aliphatic heterocycles. The van der Waals surface area contributed by atoms with Crippen molar-refractivity contribution in [3.63, 3.8) is 0 Å². The maximum Gasteiger partial charge on any atom is 0.312 e. The largest absolute Gasteiger partial charge is 0.469 e. The van der Waals surface area contributed by atoms with Crippen molar-refractivity contribution in [2.75, 3.05) is 12.4 Å². The van der Waals surface area contributed by atoms with E-state index in [9.17, 15) is 9.59 Å². The lowest BCUT2D eigenvalue weighted by molar-refractivity contribution is -0.158. The summed E-state index contributed by atoms with van der Waals surface area (Å²) in [6, 6.07) is 4.92. The lowest BCUT2D eigenvalue weighted by Gasteiger charge is -2.38. The molecule has 0 spiro atoms. The fourth-order valence-electron chi connectivity index (χ4n) is 3.36. The van der Waals surface area contributed by atoms with Crippen LogP contribution < -0.4 is 5.32 Å². The Morgan fingerprint density at radius 2 is 1.91 bits per heavy atom. The molecule has 23 heavy (non-hydrogen) atoms. The third kappa shape index (κ3) is 3.07. The fourth-order valence-corrected chi connectivity index (χ4v) is 3.82. The highest BCUT2D eigenvalue weighted by Gasteiger charge is 2.58. The maximum absolute atomic E-state index is 12.7. The Morgan fingerprint density at radius 1 is 1.26 bits per heavy atom. The standard InChI is InChI=1S/C17H21Cl2NO3/c1-16(2)11(7-8-17(16,3)15(22)23-4)14(21)20-13-6-5-10(18)9-12(13)19/h5-6,9,11H,7-8H2,1-4H3,(H,20,21). The number of amides is 1. The number of hydrogen-bond donors (Lipinski definition) is 1. The van der Waals surface area contributed by atoms with E-state index in [2.05, 4.69) is 5.32 Å². The predicted molar refractivity (Wildman–Crippen MR) is 91.7 cm³/mol. The first-order valence-electron chi connectivity index (χ1n) is 7.48. The van der Waals surface area contributed by atoms with Crippen LogP contribution in [0.3, 0.4) is 0 Å². The predicted octanol–water partition coefficient (Wildman–Crippen LogP) is 4.55. The van der Waals surface area contributed by atoms with E-state index >= 15 is 0 Å². The molecule has 1 aliphatic carbocycles. The molecule has 2 unspecified atom stereocenters. The van der Waals surface area contributed by atoms with E-state index in [1.807, 2.05) is 20.8 Å². The molecule has 4 nitrogen and oxygen atoms in total. The Labute approximate surface area is 146 Å². The highest BCUT2D eigenvalue weighted by atomic mass is 35.5. The summed E-state index contributed by atoms with van der Waals surface area (Å²) in [6.45, 7) is 5.73. The van der Waals surface area contributed by atoms with Crippen LogP contribution in [0.25, 0.3) is 0 Å². The summed E-state index contributed by atoms with van der Waals surface area (Å²) in [5.74, 6) is -0.729. The smallest absolute Gasteiger partial charge is 0.312 e. The van der Waals surface area contributed by atoms with Crippen molar-refractivity contribution in [1.82, 2.24) is 0 Å². The van der Waals surface area contributed by atoms with Crippen LogP contribution >= 0.6 is 23.2 Å². The maximum atomic E-state index is 12.7. The normalized spacial score (nSPS) is 25.9. The number of nitrogens with one attached hydrogen (secondary N) is 1. The van der Waals surface area contributed by atoms with Gasteiger partial charge in [-0.3, -0.25) is 9.59 Å². The van der Waals surface area contributed by atoms with Crippen LogP contribution in [0.15, 0.2) is 18.2 Å². The summed E-state index contributed by atoms with van der Waals surface area (Å²) in [5, 5.41) is 3.74.